The zero-order valence-corrected chi connectivity index (χ0v) is 19.1. The molecular formula is C22H30N4O4S. The van der Waals surface area contributed by atoms with Gasteiger partial charge in [-0.25, -0.2) is 8.42 Å². The van der Waals surface area contributed by atoms with Gasteiger partial charge in [0, 0.05) is 58.0 Å². The predicted molar refractivity (Wildman–Crippen MR) is 119 cm³/mol. The molecule has 31 heavy (non-hydrogen) atoms. The van der Waals surface area contributed by atoms with Crippen LogP contribution in [0.5, 0.6) is 0 Å². The third-order valence-corrected chi connectivity index (χ3v) is 7.45. The van der Waals surface area contributed by atoms with Gasteiger partial charge >= 0.3 is 0 Å². The van der Waals surface area contributed by atoms with Crippen LogP contribution in [0.4, 0.5) is 0 Å². The molecule has 9 heteroatoms. The summed E-state index contributed by atoms with van der Waals surface area (Å²) < 4.78 is 31.6. The molecule has 3 rings (SSSR count). The average molecular weight is 447 g/mol. The summed E-state index contributed by atoms with van der Waals surface area (Å²) in [6, 6.07) is 8.54. The smallest absolute Gasteiger partial charge is 0.246 e. The summed E-state index contributed by atoms with van der Waals surface area (Å²) in [5.41, 5.74) is 1.69. The molecule has 0 atom stereocenters. The monoisotopic (exact) mass is 446 g/mol. The predicted octanol–water partition coefficient (Wildman–Crippen LogP) is 2.37. The van der Waals surface area contributed by atoms with Crippen molar-refractivity contribution in [3.05, 3.63) is 53.4 Å². The molecule has 2 aromatic rings. The first-order valence-corrected chi connectivity index (χ1v) is 12.0. The Bertz CT molecular complexity index is 1000. The highest BCUT2D eigenvalue weighted by Gasteiger charge is 2.22. The van der Waals surface area contributed by atoms with Crippen molar-refractivity contribution in [3.63, 3.8) is 0 Å². The molecule has 0 aliphatic carbocycles. The molecule has 168 valence electrons. The third-order valence-electron chi connectivity index (χ3n) is 5.39. The number of aryl methyl sites for hydroxylation is 1. The topological polar surface area (TPSA) is 87.0 Å². The van der Waals surface area contributed by atoms with Crippen LogP contribution in [0.3, 0.4) is 0 Å². The summed E-state index contributed by atoms with van der Waals surface area (Å²) >= 11 is 0. The zero-order valence-electron chi connectivity index (χ0n) is 18.3. The van der Waals surface area contributed by atoms with Crippen LogP contribution in [0, 0.1) is 6.92 Å². The van der Waals surface area contributed by atoms with Gasteiger partial charge in [0.25, 0.3) is 0 Å². The molecular weight excluding hydrogens is 416 g/mol. The standard InChI is InChI=1S/C22H30N4O4S/c1-4-26(5-2)31(28,29)21-9-6-19(7-10-21)8-11-22(27)25-14-12-24(13-15-25)17-20-16-18(3)30-23-20/h6-11,16H,4-5,12-15,17H2,1-3H3/b11-8+. The van der Waals surface area contributed by atoms with Crippen LogP contribution in [0.15, 0.2) is 45.8 Å². The summed E-state index contributed by atoms with van der Waals surface area (Å²) in [5.74, 6) is 0.754. The van der Waals surface area contributed by atoms with Crippen LogP contribution in [-0.4, -0.2) is 72.9 Å². The minimum Gasteiger partial charge on any atom is -0.361 e. The Kier molecular flexibility index (Phi) is 7.64. The van der Waals surface area contributed by atoms with Gasteiger partial charge in [-0.3, -0.25) is 9.69 Å². The number of hydrogen-bond acceptors (Lipinski definition) is 6. The Morgan fingerprint density at radius 2 is 1.77 bits per heavy atom. The molecule has 2 heterocycles. The molecule has 8 nitrogen and oxygen atoms in total. The molecule has 1 aliphatic rings. The fraction of sp³-hybridized carbons (Fsp3) is 0.455. The molecule has 0 radical (unpaired) electrons. The Labute approximate surface area is 184 Å². The Morgan fingerprint density at radius 3 is 2.32 bits per heavy atom. The lowest BCUT2D eigenvalue weighted by Gasteiger charge is -2.33. The van der Waals surface area contributed by atoms with Crippen molar-refractivity contribution in [1.82, 2.24) is 19.3 Å². The summed E-state index contributed by atoms with van der Waals surface area (Å²) in [6.07, 6.45) is 3.27. The van der Waals surface area contributed by atoms with Gasteiger partial charge in [-0.1, -0.05) is 31.1 Å². The van der Waals surface area contributed by atoms with E-state index in [2.05, 4.69) is 10.1 Å². The molecule has 0 unspecified atom stereocenters. The van der Waals surface area contributed by atoms with Gasteiger partial charge in [-0.15, -0.1) is 0 Å². The van der Waals surface area contributed by atoms with Crippen molar-refractivity contribution in [2.45, 2.75) is 32.2 Å². The van der Waals surface area contributed by atoms with E-state index in [0.29, 0.717) is 26.2 Å². The molecule has 0 saturated carbocycles. The molecule has 0 bridgehead atoms. The number of carbonyl (C=O) groups is 1. The Morgan fingerprint density at radius 1 is 1.13 bits per heavy atom. The number of piperazine rings is 1. The van der Waals surface area contributed by atoms with E-state index in [1.54, 1.807) is 36.4 Å². The average Bonchev–Trinajstić information content (AvgIpc) is 3.18. The third kappa shape index (κ3) is 5.81. The fourth-order valence-corrected chi connectivity index (χ4v) is 5.04. The number of hydrogen-bond donors (Lipinski definition) is 0. The summed E-state index contributed by atoms with van der Waals surface area (Å²) in [7, 11) is -3.47. The van der Waals surface area contributed by atoms with E-state index in [-0.39, 0.29) is 10.8 Å². The van der Waals surface area contributed by atoms with Crippen LogP contribution in [-0.2, 0) is 21.4 Å². The second-order valence-electron chi connectivity index (χ2n) is 7.52. The maximum Gasteiger partial charge on any atom is 0.246 e. The SMILES string of the molecule is CCN(CC)S(=O)(=O)c1ccc(/C=C/C(=O)N2CCN(Cc3cc(C)on3)CC2)cc1. The lowest BCUT2D eigenvalue weighted by Crippen LogP contribution is -2.47. The molecule has 1 amide bonds. The molecule has 1 fully saturated rings. The van der Waals surface area contributed by atoms with E-state index in [1.807, 2.05) is 31.7 Å². The molecule has 1 aliphatic heterocycles. The summed E-state index contributed by atoms with van der Waals surface area (Å²) in [5, 5.41) is 4.02. The van der Waals surface area contributed by atoms with Crippen molar-refractivity contribution in [2.75, 3.05) is 39.3 Å². The van der Waals surface area contributed by atoms with Gasteiger partial charge < -0.3 is 9.42 Å². The number of sulfonamides is 1. The maximum absolute atomic E-state index is 12.6. The van der Waals surface area contributed by atoms with Gasteiger partial charge in [0.2, 0.25) is 15.9 Å². The molecule has 0 spiro atoms. The number of rotatable bonds is 8. The fourth-order valence-electron chi connectivity index (χ4n) is 3.58. The van der Waals surface area contributed by atoms with E-state index in [4.69, 9.17) is 4.52 Å². The minimum atomic E-state index is -3.47. The van der Waals surface area contributed by atoms with E-state index >= 15 is 0 Å². The minimum absolute atomic E-state index is 0.0447. The van der Waals surface area contributed by atoms with Crippen molar-refractivity contribution in [1.29, 1.82) is 0 Å². The maximum atomic E-state index is 12.6. The van der Waals surface area contributed by atoms with Crippen molar-refractivity contribution in [2.24, 2.45) is 0 Å². The highest BCUT2D eigenvalue weighted by molar-refractivity contribution is 7.89. The normalized spacial score (nSPS) is 15.8. The number of amides is 1. The highest BCUT2D eigenvalue weighted by atomic mass is 32.2. The van der Waals surface area contributed by atoms with Crippen LogP contribution >= 0.6 is 0 Å². The van der Waals surface area contributed by atoms with Crippen molar-refractivity contribution < 1.29 is 17.7 Å². The lowest BCUT2D eigenvalue weighted by atomic mass is 10.2. The molecule has 1 saturated heterocycles. The van der Waals surface area contributed by atoms with Gasteiger partial charge in [0.15, 0.2) is 0 Å². The van der Waals surface area contributed by atoms with E-state index in [1.165, 1.54) is 4.31 Å². The highest BCUT2D eigenvalue weighted by Crippen LogP contribution is 2.17. The first-order chi connectivity index (χ1) is 14.8. The molecule has 1 aromatic heterocycles. The van der Waals surface area contributed by atoms with Crippen LogP contribution in [0.1, 0.15) is 30.9 Å². The van der Waals surface area contributed by atoms with Gasteiger partial charge in [-0.2, -0.15) is 4.31 Å². The van der Waals surface area contributed by atoms with Gasteiger partial charge in [0.05, 0.1) is 10.6 Å². The van der Waals surface area contributed by atoms with Gasteiger partial charge in [-0.05, 0) is 30.7 Å². The number of carbonyl (C=O) groups excluding carboxylic acids is 1. The lowest BCUT2D eigenvalue weighted by molar-refractivity contribution is -0.127. The zero-order chi connectivity index (χ0) is 22.4. The molecule has 1 aromatic carbocycles. The quantitative estimate of drug-likeness (QED) is 0.579. The largest absolute Gasteiger partial charge is 0.361 e. The van der Waals surface area contributed by atoms with E-state index in [9.17, 15) is 13.2 Å². The van der Waals surface area contributed by atoms with Crippen LogP contribution < -0.4 is 0 Å². The summed E-state index contributed by atoms with van der Waals surface area (Å²) in [6.45, 7) is 9.96. The Balaban J connectivity index is 1.53. The molecule has 0 N–H and O–H groups in total. The Hall–Kier alpha value is -2.49. The van der Waals surface area contributed by atoms with Crippen LogP contribution in [0.25, 0.3) is 6.08 Å². The second-order valence-corrected chi connectivity index (χ2v) is 9.46. The number of nitrogens with zero attached hydrogens (tertiary/aromatic N) is 4. The number of benzene rings is 1. The van der Waals surface area contributed by atoms with Crippen molar-refractivity contribution in [3.8, 4) is 0 Å². The van der Waals surface area contributed by atoms with Crippen LogP contribution in [0.2, 0.25) is 0 Å². The summed E-state index contributed by atoms with van der Waals surface area (Å²) in [4.78, 5) is 16.9. The van der Waals surface area contributed by atoms with Gasteiger partial charge in [0.1, 0.15) is 5.76 Å². The van der Waals surface area contributed by atoms with E-state index < -0.39 is 10.0 Å². The first-order valence-electron chi connectivity index (χ1n) is 10.5. The second kappa shape index (κ2) is 10.2. The van der Waals surface area contributed by atoms with E-state index in [0.717, 1.165) is 36.7 Å². The first kappa shape index (κ1) is 23.2. The number of aromatic nitrogens is 1. The van der Waals surface area contributed by atoms with Crippen molar-refractivity contribution >= 4 is 22.0 Å².